The van der Waals surface area contributed by atoms with Gasteiger partial charge in [-0.2, -0.15) is 5.10 Å². The Bertz CT molecular complexity index is 1370. The van der Waals surface area contributed by atoms with Gasteiger partial charge in [0.2, 0.25) is 5.91 Å². The van der Waals surface area contributed by atoms with Crippen molar-refractivity contribution in [1.82, 2.24) is 9.78 Å². The summed E-state index contributed by atoms with van der Waals surface area (Å²) in [5.74, 6) is -0.165. The van der Waals surface area contributed by atoms with Crippen molar-refractivity contribution in [2.75, 3.05) is 17.7 Å². The number of carbonyl (C=O) groups is 2. The Labute approximate surface area is 195 Å². The number of para-hydroxylation sites is 2. The van der Waals surface area contributed by atoms with E-state index < -0.39 is 5.91 Å². The molecule has 2 amide bonds. The predicted octanol–water partition coefficient (Wildman–Crippen LogP) is 3.81. The summed E-state index contributed by atoms with van der Waals surface area (Å²) in [5.41, 5.74) is 2.53. The number of aromatic nitrogens is 2. The largest absolute Gasteiger partial charge is 0.495 e. The molecule has 3 aromatic carbocycles. The van der Waals surface area contributed by atoms with E-state index in [1.165, 1.54) is 13.2 Å². The smallest absolute Gasteiger partial charge is 0.267 e. The highest BCUT2D eigenvalue weighted by atomic mass is 16.5. The Balaban J connectivity index is 1.40. The zero-order valence-corrected chi connectivity index (χ0v) is 18.4. The third-order valence-electron chi connectivity index (χ3n) is 5.02. The standard InChI is InChI=1S/C26H22N4O4/c1-34-23-10-6-5-9-22(23)28-26(33)19-11-13-20(14-12-19)27-24(31)17-30-25(32)16-15-21(29-30)18-7-3-2-4-8-18/h2-16H,17H2,1H3,(H,27,31)(H,28,33). The van der Waals surface area contributed by atoms with Crippen LogP contribution in [0.5, 0.6) is 5.75 Å². The van der Waals surface area contributed by atoms with E-state index in [1.807, 2.05) is 36.4 Å². The van der Waals surface area contributed by atoms with Crippen LogP contribution in [-0.2, 0) is 11.3 Å². The fraction of sp³-hybridized carbons (Fsp3) is 0.0769. The van der Waals surface area contributed by atoms with Crippen LogP contribution in [0.2, 0.25) is 0 Å². The molecule has 0 unspecified atom stereocenters. The molecular weight excluding hydrogens is 432 g/mol. The third kappa shape index (κ3) is 5.36. The molecule has 4 rings (SSSR count). The van der Waals surface area contributed by atoms with Crippen LogP contribution in [0.3, 0.4) is 0 Å². The second-order valence-electron chi connectivity index (χ2n) is 7.36. The van der Waals surface area contributed by atoms with E-state index in [-0.39, 0.29) is 18.0 Å². The van der Waals surface area contributed by atoms with E-state index in [0.717, 1.165) is 10.2 Å². The van der Waals surface area contributed by atoms with Crippen LogP contribution in [0, 0.1) is 0 Å². The molecule has 4 aromatic rings. The lowest BCUT2D eigenvalue weighted by atomic mass is 10.1. The number of hydrogen-bond donors (Lipinski definition) is 2. The van der Waals surface area contributed by atoms with Crippen LogP contribution in [0.15, 0.2) is 95.8 Å². The Morgan fingerprint density at radius 1 is 0.853 bits per heavy atom. The molecule has 170 valence electrons. The molecule has 2 N–H and O–H groups in total. The molecule has 1 heterocycles. The summed E-state index contributed by atoms with van der Waals surface area (Å²) in [5, 5.41) is 9.81. The van der Waals surface area contributed by atoms with Crippen molar-refractivity contribution in [1.29, 1.82) is 0 Å². The molecule has 0 aliphatic heterocycles. The highest BCUT2D eigenvalue weighted by molar-refractivity contribution is 6.05. The quantitative estimate of drug-likeness (QED) is 0.442. The Morgan fingerprint density at radius 3 is 2.29 bits per heavy atom. The van der Waals surface area contributed by atoms with Crippen LogP contribution >= 0.6 is 0 Å². The van der Waals surface area contributed by atoms with Gasteiger partial charge in [-0.1, -0.05) is 42.5 Å². The van der Waals surface area contributed by atoms with Gasteiger partial charge in [0.05, 0.1) is 18.5 Å². The number of nitrogens with one attached hydrogen (secondary N) is 2. The number of amides is 2. The number of rotatable bonds is 7. The zero-order valence-electron chi connectivity index (χ0n) is 18.4. The monoisotopic (exact) mass is 454 g/mol. The molecule has 8 nitrogen and oxygen atoms in total. The van der Waals surface area contributed by atoms with Gasteiger partial charge in [0.15, 0.2) is 0 Å². The maximum Gasteiger partial charge on any atom is 0.267 e. The van der Waals surface area contributed by atoms with Gasteiger partial charge in [-0.15, -0.1) is 0 Å². The fourth-order valence-corrected chi connectivity index (χ4v) is 3.31. The van der Waals surface area contributed by atoms with Crippen molar-refractivity contribution in [3.05, 3.63) is 107 Å². The maximum atomic E-state index is 12.5. The highest BCUT2D eigenvalue weighted by Crippen LogP contribution is 2.24. The van der Waals surface area contributed by atoms with Crippen LogP contribution < -0.4 is 20.9 Å². The van der Waals surface area contributed by atoms with Crippen molar-refractivity contribution in [2.45, 2.75) is 6.54 Å². The zero-order chi connectivity index (χ0) is 23.9. The SMILES string of the molecule is COc1ccccc1NC(=O)c1ccc(NC(=O)Cn2nc(-c3ccccc3)ccc2=O)cc1. The van der Waals surface area contributed by atoms with Gasteiger partial charge in [0.1, 0.15) is 12.3 Å². The molecule has 0 saturated heterocycles. The number of nitrogens with zero attached hydrogens (tertiary/aromatic N) is 2. The molecule has 0 bridgehead atoms. The average molecular weight is 454 g/mol. The molecule has 0 fully saturated rings. The molecule has 0 aliphatic carbocycles. The van der Waals surface area contributed by atoms with Crippen LogP contribution in [0.4, 0.5) is 11.4 Å². The van der Waals surface area contributed by atoms with Crippen LogP contribution in [0.1, 0.15) is 10.4 Å². The normalized spacial score (nSPS) is 10.4. The summed E-state index contributed by atoms with van der Waals surface area (Å²) in [6.07, 6.45) is 0. The van der Waals surface area contributed by atoms with Crippen LogP contribution in [-0.4, -0.2) is 28.7 Å². The van der Waals surface area contributed by atoms with Gasteiger partial charge >= 0.3 is 0 Å². The van der Waals surface area contributed by atoms with Crippen molar-refractivity contribution in [3.8, 4) is 17.0 Å². The first-order valence-electron chi connectivity index (χ1n) is 10.5. The number of anilines is 2. The predicted molar refractivity (Wildman–Crippen MR) is 130 cm³/mol. The lowest BCUT2D eigenvalue weighted by molar-refractivity contribution is -0.117. The van der Waals surface area contributed by atoms with Gasteiger partial charge < -0.3 is 15.4 Å². The first-order valence-corrected chi connectivity index (χ1v) is 10.5. The lowest BCUT2D eigenvalue weighted by Crippen LogP contribution is -2.29. The maximum absolute atomic E-state index is 12.5. The summed E-state index contributed by atoms with van der Waals surface area (Å²) in [7, 11) is 1.53. The Kier molecular flexibility index (Phi) is 6.78. The summed E-state index contributed by atoms with van der Waals surface area (Å²) in [6.45, 7) is -0.241. The van der Waals surface area contributed by atoms with Gasteiger partial charge in [-0.25, -0.2) is 4.68 Å². The molecule has 0 spiro atoms. The van der Waals surface area contributed by atoms with Gasteiger partial charge in [0.25, 0.3) is 11.5 Å². The lowest BCUT2D eigenvalue weighted by Gasteiger charge is -2.11. The minimum atomic E-state index is -0.411. The molecule has 0 aliphatic rings. The summed E-state index contributed by atoms with van der Waals surface area (Å²) in [4.78, 5) is 37.2. The molecule has 34 heavy (non-hydrogen) atoms. The van der Waals surface area contributed by atoms with Crippen molar-refractivity contribution in [2.24, 2.45) is 0 Å². The van der Waals surface area contributed by atoms with E-state index >= 15 is 0 Å². The molecule has 8 heteroatoms. The van der Waals surface area contributed by atoms with E-state index in [4.69, 9.17) is 4.74 Å². The minimum absolute atomic E-state index is 0.241. The van der Waals surface area contributed by atoms with E-state index in [2.05, 4.69) is 15.7 Å². The number of benzene rings is 3. The number of ether oxygens (including phenoxy) is 1. The molecule has 0 saturated carbocycles. The molecule has 0 atom stereocenters. The average Bonchev–Trinajstić information content (AvgIpc) is 2.86. The van der Waals surface area contributed by atoms with Crippen molar-refractivity contribution >= 4 is 23.2 Å². The Hall–Kier alpha value is -4.72. The first kappa shape index (κ1) is 22.5. The van der Waals surface area contributed by atoms with Crippen LogP contribution in [0.25, 0.3) is 11.3 Å². The van der Waals surface area contributed by atoms with E-state index in [0.29, 0.717) is 28.4 Å². The van der Waals surface area contributed by atoms with Gasteiger partial charge in [0, 0.05) is 22.9 Å². The highest BCUT2D eigenvalue weighted by Gasteiger charge is 2.11. The van der Waals surface area contributed by atoms with Gasteiger partial charge in [-0.05, 0) is 42.5 Å². The van der Waals surface area contributed by atoms with E-state index in [9.17, 15) is 14.4 Å². The number of hydrogen-bond acceptors (Lipinski definition) is 5. The fourth-order valence-electron chi connectivity index (χ4n) is 3.31. The molecule has 0 radical (unpaired) electrons. The van der Waals surface area contributed by atoms with E-state index in [1.54, 1.807) is 48.5 Å². The summed E-state index contributed by atoms with van der Waals surface area (Å²) >= 11 is 0. The topological polar surface area (TPSA) is 102 Å². The van der Waals surface area contributed by atoms with Crippen molar-refractivity contribution < 1.29 is 14.3 Å². The van der Waals surface area contributed by atoms with Gasteiger partial charge in [-0.3, -0.25) is 14.4 Å². The third-order valence-corrected chi connectivity index (χ3v) is 5.02. The molecule has 1 aromatic heterocycles. The molecular formula is C26H22N4O4. The van der Waals surface area contributed by atoms with Crippen molar-refractivity contribution in [3.63, 3.8) is 0 Å². The Morgan fingerprint density at radius 2 is 1.56 bits per heavy atom. The second kappa shape index (κ2) is 10.3. The summed E-state index contributed by atoms with van der Waals surface area (Å²) in [6, 6.07) is 25.9. The second-order valence-corrected chi connectivity index (χ2v) is 7.36. The first-order chi connectivity index (χ1) is 16.5. The summed E-state index contributed by atoms with van der Waals surface area (Å²) < 4.78 is 6.36. The minimum Gasteiger partial charge on any atom is -0.495 e. The number of carbonyl (C=O) groups excluding carboxylic acids is 2. The number of methoxy groups -OCH3 is 1.